The van der Waals surface area contributed by atoms with Gasteiger partial charge in [0.25, 0.3) is 5.91 Å². The van der Waals surface area contributed by atoms with Crippen molar-refractivity contribution in [2.24, 2.45) is 0 Å². The SMILES string of the molecule is CCCC(=O)Nc1ccc(-c2csc(NC(=O)[C@H]3Cc4ccccc4C(=O)O3)n2)cc1. The predicted octanol–water partition coefficient (Wildman–Crippen LogP) is 4.27. The first-order valence-corrected chi connectivity index (χ1v) is 10.9. The lowest BCUT2D eigenvalue weighted by Gasteiger charge is -2.23. The molecule has 1 aliphatic rings. The van der Waals surface area contributed by atoms with Gasteiger partial charge in [-0.3, -0.25) is 14.9 Å². The summed E-state index contributed by atoms with van der Waals surface area (Å²) in [6.45, 7) is 1.96. The molecule has 3 aromatic rings. The highest BCUT2D eigenvalue weighted by Crippen LogP contribution is 2.27. The van der Waals surface area contributed by atoms with E-state index in [9.17, 15) is 14.4 Å². The largest absolute Gasteiger partial charge is 0.448 e. The van der Waals surface area contributed by atoms with Crippen LogP contribution in [0.1, 0.15) is 35.7 Å². The van der Waals surface area contributed by atoms with Gasteiger partial charge in [0.15, 0.2) is 11.2 Å². The van der Waals surface area contributed by atoms with Gasteiger partial charge < -0.3 is 10.1 Å². The molecule has 4 rings (SSSR count). The van der Waals surface area contributed by atoms with Crippen LogP contribution in [-0.2, 0) is 20.7 Å². The van der Waals surface area contributed by atoms with Crippen molar-refractivity contribution in [3.05, 3.63) is 65.0 Å². The number of rotatable bonds is 6. The average Bonchev–Trinajstić information content (AvgIpc) is 3.23. The normalized spacial score (nSPS) is 15.0. The van der Waals surface area contributed by atoms with Gasteiger partial charge in [0.1, 0.15) is 0 Å². The Hall–Kier alpha value is -3.52. The van der Waals surface area contributed by atoms with Crippen molar-refractivity contribution in [3.63, 3.8) is 0 Å². The molecule has 0 aliphatic carbocycles. The molecule has 1 atom stereocenters. The number of aromatic nitrogens is 1. The summed E-state index contributed by atoms with van der Waals surface area (Å²) in [5.41, 5.74) is 3.59. The summed E-state index contributed by atoms with van der Waals surface area (Å²) in [7, 11) is 0. The Morgan fingerprint density at radius 2 is 1.90 bits per heavy atom. The van der Waals surface area contributed by atoms with Gasteiger partial charge in [-0.05, 0) is 30.2 Å². The van der Waals surface area contributed by atoms with Gasteiger partial charge in [0.2, 0.25) is 5.91 Å². The third-order valence-electron chi connectivity index (χ3n) is 4.86. The minimum atomic E-state index is -0.888. The third-order valence-corrected chi connectivity index (χ3v) is 5.62. The number of cyclic esters (lactones) is 1. The van der Waals surface area contributed by atoms with Gasteiger partial charge in [-0.2, -0.15) is 0 Å². The summed E-state index contributed by atoms with van der Waals surface area (Å²) in [4.78, 5) is 40.9. The highest BCUT2D eigenvalue weighted by Gasteiger charge is 2.31. The molecule has 1 aliphatic heterocycles. The topological polar surface area (TPSA) is 97.4 Å². The number of thiazole rings is 1. The molecule has 2 aromatic carbocycles. The van der Waals surface area contributed by atoms with Crippen molar-refractivity contribution >= 4 is 39.9 Å². The smallest absolute Gasteiger partial charge is 0.339 e. The highest BCUT2D eigenvalue weighted by atomic mass is 32.1. The molecule has 2 heterocycles. The number of esters is 1. The minimum absolute atomic E-state index is 0.0139. The van der Waals surface area contributed by atoms with Crippen LogP contribution >= 0.6 is 11.3 Å². The molecule has 2 N–H and O–H groups in total. The Morgan fingerprint density at radius 3 is 2.68 bits per heavy atom. The number of amides is 2. The maximum atomic E-state index is 12.6. The second-order valence-electron chi connectivity index (χ2n) is 7.16. The molecule has 158 valence electrons. The monoisotopic (exact) mass is 435 g/mol. The van der Waals surface area contributed by atoms with E-state index in [0.29, 0.717) is 29.2 Å². The van der Waals surface area contributed by atoms with Gasteiger partial charge in [-0.15, -0.1) is 11.3 Å². The van der Waals surface area contributed by atoms with Crippen molar-refractivity contribution in [1.29, 1.82) is 0 Å². The number of anilines is 2. The minimum Gasteiger partial charge on any atom is -0.448 e. The number of fused-ring (bicyclic) bond motifs is 1. The molecule has 8 heteroatoms. The van der Waals surface area contributed by atoms with E-state index in [0.717, 1.165) is 23.2 Å². The van der Waals surface area contributed by atoms with Crippen LogP contribution in [0.5, 0.6) is 0 Å². The molecule has 0 saturated heterocycles. The lowest BCUT2D eigenvalue weighted by Crippen LogP contribution is -2.37. The van der Waals surface area contributed by atoms with Crippen LogP contribution < -0.4 is 10.6 Å². The van der Waals surface area contributed by atoms with Crippen LogP contribution in [0.3, 0.4) is 0 Å². The Labute approximate surface area is 183 Å². The number of hydrogen-bond donors (Lipinski definition) is 2. The standard InChI is InChI=1S/C23H21N3O4S/c1-2-5-20(27)24-16-10-8-14(9-11-16)18-13-31-23(25-18)26-21(28)19-12-15-6-3-4-7-17(15)22(29)30-19/h3-4,6-11,13,19H,2,5,12H2,1H3,(H,24,27)(H,25,26,28)/t19-/m1/s1. The number of carbonyl (C=O) groups excluding carboxylic acids is 3. The number of hydrogen-bond acceptors (Lipinski definition) is 6. The van der Waals surface area contributed by atoms with Crippen molar-refractivity contribution in [3.8, 4) is 11.3 Å². The third kappa shape index (κ3) is 4.80. The fourth-order valence-electron chi connectivity index (χ4n) is 3.30. The summed E-state index contributed by atoms with van der Waals surface area (Å²) in [6, 6.07) is 14.5. The van der Waals surface area contributed by atoms with Gasteiger partial charge in [-0.25, -0.2) is 9.78 Å². The fraction of sp³-hybridized carbons (Fsp3) is 0.217. The molecule has 31 heavy (non-hydrogen) atoms. The fourth-order valence-corrected chi connectivity index (χ4v) is 4.02. The van der Waals surface area contributed by atoms with Gasteiger partial charge in [0.05, 0.1) is 11.3 Å². The first kappa shape index (κ1) is 20.7. The van der Waals surface area contributed by atoms with Crippen LogP contribution in [0.2, 0.25) is 0 Å². The number of carbonyl (C=O) groups is 3. The van der Waals surface area contributed by atoms with Crippen molar-refractivity contribution < 1.29 is 19.1 Å². The summed E-state index contributed by atoms with van der Waals surface area (Å²) < 4.78 is 5.29. The number of nitrogens with zero attached hydrogens (tertiary/aromatic N) is 1. The molecule has 0 fully saturated rings. The number of ether oxygens (including phenoxy) is 1. The van der Waals surface area contributed by atoms with E-state index >= 15 is 0 Å². The van der Waals surface area contributed by atoms with Gasteiger partial charge >= 0.3 is 5.97 Å². The van der Waals surface area contributed by atoms with E-state index in [1.54, 1.807) is 12.1 Å². The van der Waals surface area contributed by atoms with Crippen LogP contribution in [0.4, 0.5) is 10.8 Å². The number of nitrogens with one attached hydrogen (secondary N) is 2. The molecule has 0 spiro atoms. The Bertz CT molecular complexity index is 1120. The Morgan fingerprint density at radius 1 is 1.13 bits per heavy atom. The first-order valence-electron chi connectivity index (χ1n) is 9.99. The summed E-state index contributed by atoms with van der Waals surface area (Å²) in [5, 5.41) is 7.85. The Balaban J connectivity index is 1.40. The van der Waals surface area contributed by atoms with E-state index in [1.165, 1.54) is 11.3 Å². The van der Waals surface area contributed by atoms with E-state index < -0.39 is 18.0 Å². The molecular formula is C23H21N3O4S. The van der Waals surface area contributed by atoms with Crippen molar-refractivity contribution in [2.75, 3.05) is 10.6 Å². The quantitative estimate of drug-likeness (QED) is 0.564. The van der Waals surface area contributed by atoms with E-state index in [1.807, 2.05) is 48.7 Å². The second kappa shape index (κ2) is 9.09. The molecular weight excluding hydrogens is 414 g/mol. The van der Waals surface area contributed by atoms with Gasteiger partial charge in [0, 0.05) is 29.5 Å². The molecule has 2 amide bonds. The van der Waals surface area contributed by atoms with E-state index in [4.69, 9.17) is 4.74 Å². The van der Waals surface area contributed by atoms with Crippen LogP contribution in [-0.4, -0.2) is 28.9 Å². The van der Waals surface area contributed by atoms with Crippen molar-refractivity contribution in [2.45, 2.75) is 32.3 Å². The lowest BCUT2D eigenvalue weighted by molar-refractivity contribution is -0.125. The van der Waals surface area contributed by atoms with Crippen LogP contribution in [0, 0.1) is 0 Å². The maximum absolute atomic E-state index is 12.6. The molecule has 7 nitrogen and oxygen atoms in total. The molecule has 0 unspecified atom stereocenters. The molecule has 0 bridgehead atoms. The van der Waals surface area contributed by atoms with Crippen LogP contribution in [0.25, 0.3) is 11.3 Å². The maximum Gasteiger partial charge on any atom is 0.339 e. The molecule has 0 radical (unpaired) electrons. The zero-order valence-electron chi connectivity index (χ0n) is 16.9. The summed E-state index contributed by atoms with van der Waals surface area (Å²) in [6.07, 6.45) is 0.723. The lowest BCUT2D eigenvalue weighted by atomic mass is 9.98. The summed E-state index contributed by atoms with van der Waals surface area (Å²) >= 11 is 1.29. The predicted molar refractivity (Wildman–Crippen MR) is 119 cm³/mol. The Kier molecular flexibility index (Phi) is 6.08. The first-order chi connectivity index (χ1) is 15.0. The van der Waals surface area contributed by atoms with Gasteiger partial charge in [-0.1, -0.05) is 37.3 Å². The van der Waals surface area contributed by atoms with Crippen molar-refractivity contribution in [1.82, 2.24) is 4.98 Å². The zero-order chi connectivity index (χ0) is 21.8. The van der Waals surface area contributed by atoms with Crippen LogP contribution in [0.15, 0.2) is 53.9 Å². The molecule has 1 aromatic heterocycles. The van der Waals surface area contributed by atoms with E-state index in [-0.39, 0.29) is 5.91 Å². The zero-order valence-corrected chi connectivity index (χ0v) is 17.7. The second-order valence-corrected chi connectivity index (χ2v) is 8.02. The van der Waals surface area contributed by atoms with E-state index in [2.05, 4.69) is 15.6 Å². The average molecular weight is 436 g/mol. The molecule has 0 saturated carbocycles. The highest BCUT2D eigenvalue weighted by molar-refractivity contribution is 7.14. The number of benzene rings is 2. The summed E-state index contributed by atoms with van der Waals surface area (Å²) in [5.74, 6) is -0.911.